The Morgan fingerprint density at radius 2 is 1.95 bits per heavy atom. The average Bonchev–Trinajstić information content (AvgIpc) is 2.87. The van der Waals surface area contributed by atoms with Gasteiger partial charge >= 0.3 is 0 Å². The SMILES string of the molecule is NC(=O)C1CCN(c2nc3ccccc3nc2N)C1. The number of hydrogen-bond acceptors (Lipinski definition) is 5. The van der Waals surface area contributed by atoms with E-state index < -0.39 is 0 Å². The van der Waals surface area contributed by atoms with Crippen molar-refractivity contribution in [1.29, 1.82) is 0 Å². The predicted octanol–water partition coefficient (Wildman–Crippen LogP) is 0.524. The summed E-state index contributed by atoms with van der Waals surface area (Å²) < 4.78 is 0. The van der Waals surface area contributed by atoms with Gasteiger partial charge in [0.2, 0.25) is 5.91 Å². The van der Waals surface area contributed by atoms with Crippen molar-refractivity contribution in [3.05, 3.63) is 24.3 Å². The standard InChI is InChI=1S/C13H15N5O/c14-11-13(18-6-5-8(7-18)12(15)19)17-10-4-2-1-3-9(10)16-11/h1-4,8H,5-7H2,(H2,14,16)(H2,15,19). The van der Waals surface area contributed by atoms with E-state index in [1.165, 1.54) is 0 Å². The number of hydrogen-bond donors (Lipinski definition) is 2. The van der Waals surface area contributed by atoms with Crippen LogP contribution in [0.4, 0.5) is 11.6 Å². The van der Waals surface area contributed by atoms with Crippen molar-refractivity contribution >= 4 is 28.6 Å². The molecule has 0 radical (unpaired) electrons. The maximum Gasteiger partial charge on any atom is 0.222 e. The van der Waals surface area contributed by atoms with Gasteiger partial charge in [-0.15, -0.1) is 0 Å². The van der Waals surface area contributed by atoms with Gasteiger partial charge in [0.25, 0.3) is 0 Å². The highest BCUT2D eigenvalue weighted by Gasteiger charge is 2.28. The minimum Gasteiger partial charge on any atom is -0.381 e. The van der Waals surface area contributed by atoms with Gasteiger partial charge < -0.3 is 16.4 Å². The summed E-state index contributed by atoms with van der Waals surface area (Å²) in [7, 11) is 0. The fraction of sp³-hybridized carbons (Fsp3) is 0.308. The van der Waals surface area contributed by atoms with Crippen LogP contribution in [-0.4, -0.2) is 29.0 Å². The van der Waals surface area contributed by atoms with Crippen molar-refractivity contribution < 1.29 is 4.79 Å². The molecule has 19 heavy (non-hydrogen) atoms. The normalized spacial score (nSPS) is 18.9. The lowest BCUT2D eigenvalue weighted by atomic mass is 10.1. The van der Waals surface area contributed by atoms with E-state index in [9.17, 15) is 4.79 Å². The molecule has 1 unspecified atom stereocenters. The second-order valence-electron chi connectivity index (χ2n) is 4.76. The lowest BCUT2D eigenvalue weighted by Gasteiger charge is -2.18. The Hall–Kier alpha value is -2.37. The summed E-state index contributed by atoms with van der Waals surface area (Å²) in [5.41, 5.74) is 12.9. The molecule has 1 aromatic heterocycles. The Morgan fingerprint density at radius 1 is 1.26 bits per heavy atom. The van der Waals surface area contributed by atoms with E-state index >= 15 is 0 Å². The third kappa shape index (κ3) is 2.05. The Morgan fingerprint density at radius 3 is 2.58 bits per heavy atom. The first-order valence-electron chi connectivity index (χ1n) is 6.21. The van der Waals surface area contributed by atoms with E-state index in [-0.39, 0.29) is 11.8 Å². The summed E-state index contributed by atoms with van der Waals surface area (Å²) in [6.45, 7) is 1.29. The van der Waals surface area contributed by atoms with Gasteiger partial charge in [-0.3, -0.25) is 4.79 Å². The number of primary amides is 1. The number of anilines is 2. The van der Waals surface area contributed by atoms with Crippen molar-refractivity contribution in [2.24, 2.45) is 11.7 Å². The van der Waals surface area contributed by atoms with Crippen LogP contribution in [0.2, 0.25) is 0 Å². The Kier molecular flexibility index (Phi) is 2.70. The van der Waals surface area contributed by atoms with Crippen molar-refractivity contribution in [3.63, 3.8) is 0 Å². The molecular formula is C13H15N5O. The van der Waals surface area contributed by atoms with Crippen LogP contribution >= 0.6 is 0 Å². The van der Waals surface area contributed by atoms with Crippen molar-refractivity contribution in [2.45, 2.75) is 6.42 Å². The van der Waals surface area contributed by atoms with Crippen LogP contribution < -0.4 is 16.4 Å². The molecule has 1 aliphatic heterocycles. The maximum absolute atomic E-state index is 11.2. The molecule has 0 aliphatic carbocycles. The van der Waals surface area contributed by atoms with Crippen LogP contribution in [0.5, 0.6) is 0 Å². The summed E-state index contributed by atoms with van der Waals surface area (Å²) >= 11 is 0. The topological polar surface area (TPSA) is 98.1 Å². The number of carbonyl (C=O) groups is 1. The number of amides is 1. The molecule has 0 spiro atoms. The minimum atomic E-state index is -0.269. The van der Waals surface area contributed by atoms with Gasteiger partial charge in [-0.05, 0) is 18.6 Å². The summed E-state index contributed by atoms with van der Waals surface area (Å²) in [6.07, 6.45) is 0.739. The average molecular weight is 257 g/mol. The second-order valence-corrected chi connectivity index (χ2v) is 4.76. The highest BCUT2D eigenvalue weighted by molar-refractivity contribution is 5.81. The number of fused-ring (bicyclic) bond motifs is 1. The van der Waals surface area contributed by atoms with Crippen molar-refractivity contribution in [3.8, 4) is 0 Å². The fourth-order valence-corrected chi connectivity index (χ4v) is 2.42. The zero-order valence-electron chi connectivity index (χ0n) is 10.4. The number of rotatable bonds is 2. The zero-order chi connectivity index (χ0) is 13.4. The molecule has 1 aromatic carbocycles. The van der Waals surface area contributed by atoms with Gasteiger partial charge in [0, 0.05) is 13.1 Å². The highest BCUT2D eigenvalue weighted by atomic mass is 16.1. The summed E-state index contributed by atoms with van der Waals surface area (Å²) in [5.74, 6) is 0.633. The smallest absolute Gasteiger partial charge is 0.222 e. The van der Waals surface area contributed by atoms with Crippen LogP contribution in [0.15, 0.2) is 24.3 Å². The minimum absolute atomic E-state index is 0.132. The Balaban J connectivity index is 1.97. The second kappa shape index (κ2) is 4.38. The Labute approximate surface area is 110 Å². The van der Waals surface area contributed by atoms with Crippen molar-refractivity contribution in [1.82, 2.24) is 9.97 Å². The molecule has 0 bridgehead atoms. The number of nitrogen functional groups attached to an aromatic ring is 1. The number of nitrogens with zero attached hydrogens (tertiary/aromatic N) is 3. The maximum atomic E-state index is 11.2. The molecule has 3 rings (SSSR count). The largest absolute Gasteiger partial charge is 0.381 e. The molecule has 2 aromatic rings. The summed E-state index contributed by atoms with van der Waals surface area (Å²) in [6, 6.07) is 7.58. The molecule has 6 heteroatoms. The summed E-state index contributed by atoms with van der Waals surface area (Å²) in [4.78, 5) is 22.1. The van der Waals surface area contributed by atoms with Crippen molar-refractivity contribution in [2.75, 3.05) is 23.7 Å². The molecule has 2 heterocycles. The van der Waals surface area contributed by atoms with E-state index in [1.807, 2.05) is 29.2 Å². The Bertz CT molecular complexity index is 642. The van der Waals surface area contributed by atoms with Gasteiger partial charge in [0.15, 0.2) is 11.6 Å². The predicted molar refractivity (Wildman–Crippen MR) is 73.5 cm³/mol. The first-order chi connectivity index (χ1) is 9.15. The number of benzene rings is 1. The molecular weight excluding hydrogens is 242 g/mol. The molecule has 6 nitrogen and oxygen atoms in total. The highest BCUT2D eigenvalue weighted by Crippen LogP contribution is 2.27. The van der Waals surface area contributed by atoms with Crippen LogP contribution in [0.25, 0.3) is 11.0 Å². The molecule has 1 amide bonds. The van der Waals surface area contributed by atoms with Crippen LogP contribution in [0.1, 0.15) is 6.42 Å². The monoisotopic (exact) mass is 257 g/mol. The number of para-hydroxylation sites is 2. The van der Waals surface area contributed by atoms with Crippen LogP contribution in [0.3, 0.4) is 0 Å². The zero-order valence-corrected chi connectivity index (χ0v) is 10.4. The van der Waals surface area contributed by atoms with Gasteiger partial charge in [-0.25, -0.2) is 9.97 Å². The van der Waals surface area contributed by atoms with Gasteiger partial charge in [-0.1, -0.05) is 12.1 Å². The first kappa shape index (κ1) is 11.7. The van der Waals surface area contributed by atoms with E-state index in [2.05, 4.69) is 9.97 Å². The van der Waals surface area contributed by atoms with Gasteiger partial charge in [0.1, 0.15) is 0 Å². The third-order valence-corrected chi connectivity index (χ3v) is 3.47. The first-order valence-corrected chi connectivity index (χ1v) is 6.21. The molecule has 98 valence electrons. The third-order valence-electron chi connectivity index (χ3n) is 3.47. The van der Waals surface area contributed by atoms with Crippen LogP contribution in [0, 0.1) is 5.92 Å². The summed E-state index contributed by atoms with van der Waals surface area (Å²) in [5, 5.41) is 0. The van der Waals surface area contributed by atoms with E-state index in [1.54, 1.807) is 0 Å². The lowest BCUT2D eigenvalue weighted by molar-refractivity contribution is -0.121. The van der Waals surface area contributed by atoms with E-state index in [0.717, 1.165) is 24.0 Å². The molecule has 1 atom stereocenters. The molecule has 4 N–H and O–H groups in total. The number of aromatic nitrogens is 2. The van der Waals surface area contributed by atoms with Crippen LogP contribution in [-0.2, 0) is 4.79 Å². The lowest BCUT2D eigenvalue weighted by Crippen LogP contribution is -2.28. The van der Waals surface area contributed by atoms with Gasteiger partial charge in [-0.2, -0.15) is 0 Å². The quantitative estimate of drug-likeness (QED) is 0.817. The van der Waals surface area contributed by atoms with E-state index in [4.69, 9.17) is 11.5 Å². The van der Waals surface area contributed by atoms with Gasteiger partial charge in [0.05, 0.1) is 17.0 Å². The van der Waals surface area contributed by atoms with E-state index in [0.29, 0.717) is 18.2 Å². The fourth-order valence-electron chi connectivity index (χ4n) is 2.42. The molecule has 0 saturated carbocycles. The number of carbonyl (C=O) groups excluding carboxylic acids is 1. The number of nitrogens with two attached hydrogens (primary N) is 2. The molecule has 1 saturated heterocycles. The molecule has 1 fully saturated rings. The molecule has 1 aliphatic rings.